The van der Waals surface area contributed by atoms with Crippen LogP contribution in [0.15, 0.2) is 54.6 Å². The smallest absolute Gasteiger partial charge is 0.190 e. The van der Waals surface area contributed by atoms with Crippen LogP contribution in [0.4, 0.5) is 0 Å². The van der Waals surface area contributed by atoms with Gasteiger partial charge < -0.3 is 33.5 Å². The van der Waals surface area contributed by atoms with Crippen LogP contribution in [-0.4, -0.2) is 55.3 Å². The van der Waals surface area contributed by atoms with Crippen LogP contribution in [-0.2, 0) is 36.9 Å². The van der Waals surface area contributed by atoms with Crippen molar-refractivity contribution in [2.75, 3.05) is 13.7 Å². The van der Waals surface area contributed by atoms with Crippen LogP contribution >= 0.6 is 0 Å². The summed E-state index contributed by atoms with van der Waals surface area (Å²) in [5.41, 5.74) is 2.01. The van der Waals surface area contributed by atoms with E-state index in [1.54, 1.807) is 7.11 Å². The van der Waals surface area contributed by atoms with Gasteiger partial charge in [0.05, 0.1) is 26.9 Å². The number of hydrogen-bond acceptors (Lipinski definition) is 7. The Morgan fingerprint density at radius 3 is 2.35 bits per heavy atom. The zero-order valence-corrected chi connectivity index (χ0v) is 18.1. The van der Waals surface area contributed by atoms with Gasteiger partial charge in [-0.1, -0.05) is 42.5 Å². The molecular formula is C24H30O7. The molecule has 0 aromatic heterocycles. The molecule has 0 spiro atoms. The zero-order chi connectivity index (χ0) is 21.8. The molecule has 2 fully saturated rings. The number of rotatable bonds is 9. The summed E-state index contributed by atoms with van der Waals surface area (Å²) in [7, 11) is 1.63. The Balaban J connectivity index is 1.46. The highest BCUT2D eigenvalue weighted by Gasteiger charge is 2.57. The maximum absolute atomic E-state index is 10.0. The predicted octanol–water partition coefficient (Wildman–Crippen LogP) is 3.03. The highest BCUT2D eigenvalue weighted by molar-refractivity contribution is 5.26. The van der Waals surface area contributed by atoms with E-state index in [-0.39, 0.29) is 6.61 Å². The Hall–Kier alpha value is -2.00. The SMILES string of the molecule is COc1ccc(CO[C@H]2[C@H]3OC(C)(C)O[C@H]3O[C@@H]2[C@@H](CO)OCc2ccccc2)cc1. The summed E-state index contributed by atoms with van der Waals surface area (Å²) in [6, 6.07) is 17.5. The summed E-state index contributed by atoms with van der Waals surface area (Å²) in [6.45, 7) is 4.21. The van der Waals surface area contributed by atoms with Gasteiger partial charge in [0, 0.05) is 0 Å². The molecule has 2 aromatic rings. The van der Waals surface area contributed by atoms with Crippen molar-refractivity contribution < 1.29 is 33.5 Å². The van der Waals surface area contributed by atoms with E-state index in [2.05, 4.69) is 0 Å². The van der Waals surface area contributed by atoms with Crippen molar-refractivity contribution >= 4 is 0 Å². The minimum absolute atomic E-state index is 0.206. The fourth-order valence-corrected chi connectivity index (χ4v) is 3.94. The molecule has 2 aromatic carbocycles. The maximum Gasteiger partial charge on any atom is 0.190 e. The van der Waals surface area contributed by atoms with Crippen LogP contribution in [0.3, 0.4) is 0 Å². The van der Waals surface area contributed by atoms with Crippen LogP contribution in [0.2, 0.25) is 0 Å². The van der Waals surface area contributed by atoms with E-state index in [1.165, 1.54) is 0 Å². The highest BCUT2D eigenvalue weighted by atomic mass is 16.8. The van der Waals surface area contributed by atoms with Crippen molar-refractivity contribution in [2.24, 2.45) is 0 Å². The molecule has 0 amide bonds. The lowest BCUT2D eigenvalue weighted by atomic mass is 10.1. The largest absolute Gasteiger partial charge is 0.497 e. The summed E-state index contributed by atoms with van der Waals surface area (Å²) in [5, 5.41) is 10.0. The second-order valence-corrected chi connectivity index (χ2v) is 8.21. The Labute approximate surface area is 182 Å². The number of fused-ring (bicyclic) bond motifs is 1. The van der Waals surface area contributed by atoms with Gasteiger partial charge in [0.25, 0.3) is 0 Å². The maximum atomic E-state index is 10.0. The number of methoxy groups -OCH3 is 1. The average molecular weight is 430 g/mol. The molecule has 0 bridgehead atoms. The summed E-state index contributed by atoms with van der Waals surface area (Å²) < 4.78 is 35.6. The number of benzene rings is 2. The minimum atomic E-state index is -0.762. The summed E-state index contributed by atoms with van der Waals surface area (Å²) >= 11 is 0. The average Bonchev–Trinajstić information content (AvgIpc) is 3.25. The van der Waals surface area contributed by atoms with E-state index >= 15 is 0 Å². The lowest BCUT2D eigenvalue weighted by Gasteiger charge is -2.30. The van der Waals surface area contributed by atoms with Gasteiger partial charge in [-0.25, -0.2) is 0 Å². The second kappa shape index (κ2) is 9.65. The van der Waals surface area contributed by atoms with Crippen molar-refractivity contribution in [3.63, 3.8) is 0 Å². The lowest BCUT2D eigenvalue weighted by Crippen LogP contribution is -2.45. The molecule has 2 saturated heterocycles. The molecule has 168 valence electrons. The van der Waals surface area contributed by atoms with Crippen LogP contribution in [0.25, 0.3) is 0 Å². The first kappa shape index (κ1) is 22.2. The first-order valence-electron chi connectivity index (χ1n) is 10.5. The highest BCUT2D eigenvalue weighted by Crippen LogP contribution is 2.40. The third-order valence-corrected chi connectivity index (χ3v) is 5.48. The minimum Gasteiger partial charge on any atom is -0.497 e. The summed E-state index contributed by atoms with van der Waals surface area (Å²) in [4.78, 5) is 0. The molecule has 4 rings (SSSR count). The molecule has 7 nitrogen and oxygen atoms in total. The summed E-state index contributed by atoms with van der Waals surface area (Å²) in [5.74, 6) is 0.0246. The third-order valence-electron chi connectivity index (χ3n) is 5.48. The molecule has 1 N–H and O–H groups in total. The molecule has 31 heavy (non-hydrogen) atoms. The molecule has 5 atom stereocenters. The zero-order valence-electron chi connectivity index (χ0n) is 18.1. The van der Waals surface area contributed by atoms with E-state index in [0.717, 1.165) is 16.9 Å². The fraction of sp³-hybridized carbons (Fsp3) is 0.500. The number of ether oxygens (including phenoxy) is 6. The van der Waals surface area contributed by atoms with E-state index in [0.29, 0.717) is 13.2 Å². The molecule has 2 aliphatic heterocycles. The molecule has 2 heterocycles. The van der Waals surface area contributed by atoms with Gasteiger partial charge >= 0.3 is 0 Å². The van der Waals surface area contributed by atoms with Gasteiger partial charge in [-0.3, -0.25) is 0 Å². The van der Waals surface area contributed by atoms with Crippen molar-refractivity contribution in [3.05, 3.63) is 65.7 Å². The van der Waals surface area contributed by atoms with Crippen molar-refractivity contribution in [3.8, 4) is 5.75 Å². The first-order valence-corrected chi connectivity index (χ1v) is 10.5. The topological polar surface area (TPSA) is 75.6 Å². The van der Waals surface area contributed by atoms with Crippen molar-refractivity contribution in [1.82, 2.24) is 0 Å². The lowest BCUT2D eigenvalue weighted by molar-refractivity contribution is -0.237. The van der Waals surface area contributed by atoms with Crippen LogP contribution in [0.5, 0.6) is 5.75 Å². The Morgan fingerprint density at radius 1 is 0.968 bits per heavy atom. The van der Waals surface area contributed by atoms with E-state index in [9.17, 15) is 5.11 Å². The molecule has 0 unspecified atom stereocenters. The van der Waals surface area contributed by atoms with Crippen LogP contribution in [0, 0.1) is 0 Å². The summed E-state index contributed by atoms with van der Waals surface area (Å²) in [6.07, 6.45) is -2.55. The molecule has 0 saturated carbocycles. The number of aliphatic hydroxyl groups is 1. The predicted molar refractivity (Wildman–Crippen MR) is 112 cm³/mol. The Kier molecular flexibility index (Phi) is 6.91. The Bertz CT molecular complexity index is 824. The molecule has 0 aliphatic carbocycles. The van der Waals surface area contributed by atoms with E-state index in [1.807, 2.05) is 68.4 Å². The number of aliphatic hydroxyl groups excluding tert-OH is 1. The van der Waals surface area contributed by atoms with Gasteiger partial charge in [0.1, 0.15) is 30.2 Å². The standard InChI is InChI=1S/C24H30O7/c1-24(2)30-22-21(28-15-17-9-11-18(26-3)12-10-17)20(29-23(22)31-24)19(13-25)27-14-16-7-5-4-6-8-16/h4-12,19-23,25H,13-15H2,1-3H3/t19-,20-,21-,22-,23-/m1/s1. The van der Waals surface area contributed by atoms with Gasteiger partial charge in [0.15, 0.2) is 12.1 Å². The van der Waals surface area contributed by atoms with Crippen LogP contribution in [0.1, 0.15) is 25.0 Å². The Morgan fingerprint density at radius 2 is 1.68 bits per heavy atom. The third kappa shape index (κ3) is 5.26. The van der Waals surface area contributed by atoms with Crippen molar-refractivity contribution in [2.45, 2.75) is 63.6 Å². The van der Waals surface area contributed by atoms with E-state index in [4.69, 9.17) is 28.4 Å². The van der Waals surface area contributed by atoms with Gasteiger partial charge in [-0.2, -0.15) is 0 Å². The number of hydrogen-bond donors (Lipinski definition) is 1. The van der Waals surface area contributed by atoms with E-state index < -0.39 is 36.5 Å². The molecular weight excluding hydrogens is 400 g/mol. The van der Waals surface area contributed by atoms with Gasteiger partial charge in [-0.05, 0) is 37.1 Å². The molecule has 7 heteroatoms. The second-order valence-electron chi connectivity index (χ2n) is 8.21. The molecule has 0 radical (unpaired) electrons. The fourth-order valence-electron chi connectivity index (χ4n) is 3.94. The molecule has 2 aliphatic rings. The normalized spacial score (nSPS) is 27.7. The quantitative estimate of drug-likeness (QED) is 0.655. The van der Waals surface area contributed by atoms with Gasteiger partial charge in [-0.15, -0.1) is 0 Å². The monoisotopic (exact) mass is 430 g/mol. The van der Waals surface area contributed by atoms with Gasteiger partial charge in [0.2, 0.25) is 0 Å². The van der Waals surface area contributed by atoms with Crippen molar-refractivity contribution in [1.29, 1.82) is 0 Å². The first-order chi connectivity index (χ1) is 15.0. The van der Waals surface area contributed by atoms with Crippen LogP contribution < -0.4 is 4.74 Å².